The SMILES string of the molecule is Cc1nn(C)c(N2CC(O)C(O)C2)c1CNC(C)(C)C. The maximum Gasteiger partial charge on any atom is 0.131 e. The number of nitrogens with one attached hydrogen (secondary N) is 1. The molecule has 2 atom stereocenters. The van der Waals surface area contributed by atoms with Gasteiger partial charge in [0.25, 0.3) is 0 Å². The maximum absolute atomic E-state index is 9.74. The Morgan fingerprint density at radius 2 is 1.80 bits per heavy atom. The summed E-state index contributed by atoms with van der Waals surface area (Å²) in [6.45, 7) is 9.99. The smallest absolute Gasteiger partial charge is 0.131 e. The van der Waals surface area contributed by atoms with Crippen molar-refractivity contribution in [3.8, 4) is 0 Å². The Balaban J connectivity index is 2.24. The number of aliphatic hydroxyl groups is 2. The molecule has 2 rings (SSSR count). The molecule has 1 fully saturated rings. The zero-order valence-electron chi connectivity index (χ0n) is 13.0. The van der Waals surface area contributed by atoms with Gasteiger partial charge in [0.15, 0.2) is 0 Å². The standard InChI is InChI=1S/C14H26N4O2/c1-9-10(6-15-14(2,3)4)13(17(5)16-9)18-7-11(19)12(20)8-18/h11-12,15,19-20H,6-8H2,1-5H3. The first-order chi connectivity index (χ1) is 9.19. The van der Waals surface area contributed by atoms with E-state index in [-0.39, 0.29) is 5.54 Å². The molecule has 1 aliphatic rings. The van der Waals surface area contributed by atoms with E-state index < -0.39 is 12.2 Å². The molecule has 0 spiro atoms. The molecule has 1 saturated heterocycles. The van der Waals surface area contributed by atoms with Crippen molar-refractivity contribution in [2.75, 3.05) is 18.0 Å². The van der Waals surface area contributed by atoms with E-state index >= 15 is 0 Å². The number of aryl methyl sites for hydroxylation is 2. The van der Waals surface area contributed by atoms with Gasteiger partial charge in [0.2, 0.25) is 0 Å². The Morgan fingerprint density at radius 3 is 2.30 bits per heavy atom. The molecule has 0 aromatic carbocycles. The lowest BCUT2D eigenvalue weighted by atomic mass is 10.1. The number of β-amino-alcohol motifs (C(OH)–C–C–N with tert-alkyl or cyclic N) is 2. The topological polar surface area (TPSA) is 73.6 Å². The van der Waals surface area contributed by atoms with Crippen LogP contribution in [0, 0.1) is 6.92 Å². The second-order valence-corrected chi connectivity index (χ2v) is 6.65. The highest BCUT2D eigenvalue weighted by Gasteiger charge is 2.33. The average molecular weight is 282 g/mol. The van der Waals surface area contributed by atoms with E-state index in [2.05, 4.69) is 31.2 Å². The summed E-state index contributed by atoms with van der Waals surface area (Å²) in [6.07, 6.45) is -1.37. The van der Waals surface area contributed by atoms with E-state index in [9.17, 15) is 10.2 Å². The van der Waals surface area contributed by atoms with Crippen LogP contribution >= 0.6 is 0 Å². The van der Waals surface area contributed by atoms with Crippen LogP contribution in [0.2, 0.25) is 0 Å². The molecule has 1 aromatic heterocycles. The van der Waals surface area contributed by atoms with Gasteiger partial charge in [0.05, 0.1) is 17.9 Å². The summed E-state index contributed by atoms with van der Waals surface area (Å²) in [5.74, 6) is 0.981. The summed E-state index contributed by atoms with van der Waals surface area (Å²) in [4.78, 5) is 2.01. The predicted octanol–water partition coefficient (Wildman–Crippen LogP) is 0.158. The monoisotopic (exact) mass is 282 g/mol. The van der Waals surface area contributed by atoms with Gasteiger partial charge in [-0.1, -0.05) is 0 Å². The molecule has 2 unspecified atom stereocenters. The average Bonchev–Trinajstić information content (AvgIpc) is 2.76. The first-order valence-electron chi connectivity index (χ1n) is 7.07. The minimum absolute atomic E-state index is 0.0313. The molecule has 3 N–H and O–H groups in total. The second-order valence-electron chi connectivity index (χ2n) is 6.65. The minimum atomic E-state index is -0.686. The van der Waals surface area contributed by atoms with Gasteiger partial charge < -0.3 is 20.4 Å². The highest BCUT2D eigenvalue weighted by Crippen LogP contribution is 2.27. The highest BCUT2D eigenvalue weighted by atomic mass is 16.3. The van der Waals surface area contributed by atoms with E-state index in [1.54, 1.807) is 0 Å². The highest BCUT2D eigenvalue weighted by molar-refractivity contribution is 5.51. The van der Waals surface area contributed by atoms with Crippen LogP contribution in [0.15, 0.2) is 0 Å². The number of aliphatic hydroxyl groups excluding tert-OH is 2. The Morgan fingerprint density at radius 1 is 1.25 bits per heavy atom. The molecular weight excluding hydrogens is 256 g/mol. The van der Waals surface area contributed by atoms with Crippen molar-refractivity contribution in [2.24, 2.45) is 7.05 Å². The van der Waals surface area contributed by atoms with Crippen molar-refractivity contribution in [1.82, 2.24) is 15.1 Å². The lowest BCUT2D eigenvalue weighted by Gasteiger charge is -2.23. The maximum atomic E-state index is 9.74. The van der Waals surface area contributed by atoms with Crippen molar-refractivity contribution >= 4 is 5.82 Å². The number of aromatic nitrogens is 2. The third-order valence-corrected chi connectivity index (χ3v) is 3.67. The number of hydrogen-bond donors (Lipinski definition) is 3. The summed E-state index contributed by atoms with van der Waals surface area (Å²) in [5.41, 5.74) is 2.14. The first kappa shape index (κ1) is 15.3. The molecule has 6 nitrogen and oxygen atoms in total. The van der Waals surface area contributed by atoms with Gasteiger partial charge >= 0.3 is 0 Å². The van der Waals surface area contributed by atoms with Crippen molar-refractivity contribution in [3.63, 3.8) is 0 Å². The molecule has 0 saturated carbocycles. The zero-order valence-corrected chi connectivity index (χ0v) is 13.0. The predicted molar refractivity (Wildman–Crippen MR) is 78.8 cm³/mol. The van der Waals surface area contributed by atoms with Gasteiger partial charge in [0, 0.05) is 37.8 Å². The van der Waals surface area contributed by atoms with E-state index in [1.807, 2.05) is 23.6 Å². The van der Waals surface area contributed by atoms with Crippen molar-refractivity contribution in [1.29, 1.82) is 0 Å². The van der Waals surface area contributed by atoms with Gasteiger partial charge in [-0.15, -0.1) is 0 Å². The molecule has 0 aliphatic carbocycles. The van der Waals surface area contributed by atoms with Crippen LogP contribution in [0.25, 0.3) is 0 Å². The summed E-state index contributed by atoms with van der Waals surface area (Å²) < 4.78 is 1.83. The van der Waals surface area contributed by atoms with Gasteiger partial charge in [0.1, 0.15) is 5.82 Å². The van der Waals surface area contributed by atoms with Gasteiger partial charge in [-0.25, -0.2) is 0 Å². The van der Waals surface area contributed by atoms with E-state index in [0.29, 0.717) is 13.1 Å². The van der Waals surface area contributed by atoms with Crippen molar-refractivity contribution in [3.05, 3.63) is 11.3 Å². The van der Waals surface area contributed by atoms with Gasteiger partial charge in [-0.2, -0.15) is 5.10 Å². The Labute approximate surface area is 120 Å². The van der Waals surface area contributed by atoms with Crippen LogP contribution in [-0.2, 0) is 13.6 Å². The third-order valence-electron chi connectivity index (χ3n) is 3.67. The van der Waals surface area contributed by atoms with E-state index in [1.165, 1.54) is 0 Å². The lowest BCUT2D eigenvalue weighted by molar-refractivity contribution is 0.0572. The Bertz CT molecular complexity index is 468. The summed E-state index contributed by atoms with van der Waals surface area (Å²) >= 11 is 0. The van der Waals surface area contributed by atoms with Crippen LogP contribution < -0.4 is 10.2 Å². The minimum Gasteiger partial charge on any atom is -0.389 e. The van der Waals surface area contributed by atoms with E-state index in [4.69, 9.17) is 0 Å². The van der Waals surface area contributed by atoms with Crippen LogP contribution in [0.3, 0.4) is 0 Å². The summed E-state index contributed by atoms with van der Waals surface area (Å²) in [7, 11) is 1.90. The molecule has 20 heavy (non-hydrogen) atoms. The number of nitrogens with zero attached hydrogens (tertiary/aromatic N) is 3. The molecule has 1 aliphatic heterocycles. The van der Waals surface area contributed by atoms with Crippen LogP contribution in [0.5, 0.6) is 0 Å². The molecule has 0 amide bonds. The molecule has 6 heteroatoms. The molecule has 114 valence electrons. The first-order valence-corrected chi connectivity index (χ1v) is 7.07. The molecule has 2 heterocycles. The number of anilines is 1. The number of rotatable bonds is 3. The van der Waals surface area contributed by atoms with Crippen LogP contribution in [0.4, 0.5) is 5.82 Å². The van der Waals surface area contributed by atoms with E-state index in [0.717, 1.165) is 23.6 Å². The van der Waals surface area contributed by atoms with Gasteiger partial charge in [-0.3, -0.25) is 4.68 Å². The lowest BCUT2D eigenvalue weighted by Crippen LogP contribution is -2.36. The quantitative estimate of drug-likeness (QED) is 0.736. The largest absolute Gasteiger partial charge is 0.389 e. The second kappa shape index (κ2) is 5.35. The molecule has 0 bridgehead atoms. The summed E-state index contributed by atoms with van der Waals surface area (Å²) in [6, 6.07) is 0. The van der Waals surface area contributed by atoms with Gasteiger partial charge in [-0.05, 0) is 27.7 Å². The fraction of sp³-hybridized carbons (Fsp3) is 0.786. The van der Waals surface area contributed by atoms with Crippen molar-refractivity contribution in [2.45, 2.75) is 52.0 Å². The number of hydrogen-bond acceptors (Lipinski definition) is 5. The van der Waals surface area contributed by atoms with Crippen LogP contribution in [-0.4, -0.2) is 50.8 Å². The zero-order chi connectivity index (χ0) is 15.1. The Hall–Kier alpha value is -1.11. The fourth-order valence-electron chi connectivity index (χ4n) is 2.59. The van der Waals surface area contributed by atoms with Crippen LogP contribution in [0.1, 0.15) is 32.0 Å². The fourth-order valence-corrected chi connectivity index (χ4v) is 2.59. The molecule has 1 aromatic rings. The Kier molecular flexibility index (Phi) is 4.09. The normalized spacial score (nSPS) is 23.6. The summed E-state index contributed by atoms with van der Waals surface area (Å²) in [5, 5.41) is 27.4. The van der Waals surface area contributed by atoms with Crippen molar-refractivity contribution < 1.29 is 10.2 Å². The third kappa shape index (κ3) is 3.13. The molecular formula is C14H26N4O2. The molecule has 0 radical (unpaired) electrons.